The number of hydrogen-bond donors (Lipinski definition) is 1. The van der Waals surface area contributed by atoms with Crippen molar-refractivity contribution in [2.45, 2.75) is 51.0 Å². The molecule has 2 aliphatic heterocycles. The molecule has 0 amide bonds. The summed E-state index contributed by atoms with van der Waals surface area (Å²) in [6.07, 6.45) is 5.20. The molecule has 134 valence electrons. The van der Waals surface area contributed by atoms with Gasteiger partial charge < -0.3 is 14.5 Å². The zero-order valence-electron chi connectivity index (χ0n) is 14.9. The van der Waals surface area contributed by atoms with Crippen molar-refractivity contribution >= 4 is 0 Å². The number of H-pyrrole nitrogens is 1. The highest BCUT2D eigenvalue weighted by molar-refractivity contribution is 5.13. The number of rotatable bonds is 5. The van der Waals surface area contributed by atoms with Crippen molar-refractivity contribution < 1.29 is 9.47 Å². The van der Waals surface area contributed by atoms with Crippen LogP contribution in [0.15, 0.2) is 36.7 Å². The van der Waals surface area contributed by atoms with Gasteiger partial charge in [0.25, 0.3) is 0 Å². The molecule has 25 heavy (non-hydrogen) atoms. The fourth-order valence-electron chi connectivity index (χ4n) is 3.92. The first-order chi connectivity index (χ1) is 12.2. The summed E-state index contributed by atoms with van der Waals surface area (Å²) in [6, 6.07) is 10.4. The molecule has 1 spiro atoms. The van der Waals surface area contributed by atoms with Gasteiger partial charge in [-0.1, -0.05) is 30.3 Å². The lowest BCUT2D eigenvalue weighted by Crippen LogP contribution is -2.44. The van der Waals surface area contributed by atoms with Crippen molar-refractivity contribution in [2.75, 3.05) is 19.7 Å². The molecule has 1 atom stereocenters. The van der Waals surface area contributed by atoms with Crippen molar-refractivity contribution in [2.24, 2.45) is 0 Å². The quantitative estimate of drug-likeness (QED) is 0.908. The van der Waals surface area contributed by atoms with E-state index in [4.69, 9.17) is 9.47 Å². The molecule has 5 nitrogen and oxygen atoms in total. The van der Waals surface area contributed by atoms with Crippen LogP contribution in [-0.2, 0) is 22.6 Å². The number of piperidine rings is 1. The number of ether oxygens (including phenoxy) is 2. The average Bonchev–Trinajstić information content (AvgIpc) is 3.23. The molecular weight excluding hydrogens is 314 g/mol. The minimum Gasteiger partial charge on any atom is -0.372 e. The molecular formula is C20H27N3O2. The lowest BCUT2D eigenvalue weighted by Gasteiger charge is -2.38. The summed E-state index contributed by atoms with van der Waals surface area (Å²) in [5.41, 5.74) is 3.59. The standard InChI is InChI=1S/C20H27N3O2/c1-16-19(22-15-21-16)12-23-9-7-20(8-10-23)11-18(14-25-20)24-13-17-5-3-2-4-6-17/h2-6,15,18H,7-14H2,1H3,(H,21,22). The van der Waals surface area contributed by atoms with Crippen LogP contribution in [0.4, 0.5) is 0 Å². The number of hydrogen-bond acceptors (Lipinski definition) is 4. The van der Waals surface area contributed by atoms with Crippen LogP contribution in [-0.4, -0.2) is 46.3 Å². The van der Waals surface area contributed by atoms with Gasteiger partial charge in [-0.3, -0.25) is 4.90 Å². The molecule has 0 aliphatic carbocycles. The van der Waals surface area contributed by atoms with Crippen LogP contribution in [0.3, 0.4) is 0 Å². The molecule has 1 unspecified atom stereocenters. The van der Waals surface area contributed by atoms with Crippen molar-refractivity contribution in [3.8, 4) is 0 Å². The molecule has 2 aromatic rings. The van der Waals surface area contributed by atoms with Gasteiger partial charge in [-0.15, -0.1) is 0 Å². The van der Waals surface area contributed by atoms with E-state index >= 15 is 0 Å². The first-order valence-electron chi connectivity index (χ1n) is 9.23. The number of imidazole rings is 1. The Morgan fingerprint density at radius 1 is 1.28 bits per heavy atom. The normalized spacial score (nSPS) is 23.3. The van der Waals surface area contributed by atoms with Gasteiger partial charge >= 0.3 is 0 Å². The molecule has 1 N–H and O–H groups in total. The first-order valence-corrected chi connectivity index (χ1v) is 9.23. The fraction of sp³-hybridized carbons (Fsp3) is 0.550. The van der Waals surface area contributed by atoms with E-state index in [9.17, 15) is 0 Å². The lowest BCUT2D eigenvalue weighted by atomic mass is 9.88. The first kappa shape index (κ1) is 16.8. The van der Waals surface area contributed by atoms with Gasteiger partial charge in [-0.2, -0.15) is 0 Å². The number of nitrogens with one attached hydrogen (secondary N) is 1. The summed E-state index contributed by atoms with van der Waals surface area (Å²) in [5.74, 6) is 0. The third-order valence-corrected chi connectivity index (χ3v) is 5.58. The van der Waals surface area contributed by atoms with E-state index in [0.717, 1.165) is 51.2 Å². The van der Waals surface area contributed by atoms with Crippen LogP contribution in [0.25, 0.3) is 0 Å². The Hall–Kier alpha value is -1.69. The molecule has 4 rings (SSSR count). The highest BCUT2D eigenvalue weighted by Gasteiger charge is 2.43. The van der Waals surface area contributed by atoms with Gasteiger partial charge in [0, 0.05) is 31.7 Å². The maximum atomic E-state index is 6.22. The van der Waals surface area contributed by atoms with Gasteiger partial charge in [0.1, 0.15) is 0 Å². The number of aromatic nitrogens is 2. The van der Waals surface area contributed by atoms with E-state index in [2.05, 4.69) is 46.1 Å². The van der Waals surface area contributed by atoms with E-state index in [1.54, 1.807) is 6.33 Å². The third-order valence-electron chi connectivity index (χ3n) is 5.58. The van der Waals surface area contributed by atoms with Crippen LogP contribution in [0.5, 0.6) is 0 Å². The topological polar surface area (TPSA) is 50.4 Å². The van der Waals surface area contributed by atoms with Gasteiger partial charge in [0.2, 0.25) is 0 Å². The van der Waals surface area contributed by atoms with Gasteiger partial charge in [-0.05, 0) is 25.3 Å². The zero-order chi connectivity index (χ0) is 17.1. The maximum absolute atomic E-state index is 6.22. The Bertz CT molecular complexity index is 677. The molecule has 1 aromatic carbocycles. The highest BCUT2D eigenvalue weighted by Crippen LogP contribution is 2.37. The van der Waals surface area contributed by atoms with E-state index < -0.39 is 0 Å². The average molecular weight is 341 g/mol. The van der Waals surface area contributed by atoms with E-state index in [-0.39, 0.29) is 11.7 Å². The van der Waals surface area contributed by atoms with Crippen LogP contribution in [0.1, 0.15) is 36.2 Å². The van der Waals surface area contributed by atoms with Crippen molar-refractivity contribution in [3.05, 3.63) is 53.6 Å². The Morgan fingerprint density at radius 3 is 2.80 bits per heavy atom. The molecule has 0 saturated carbocycles. The Kier molecular flexibility index (Phi) is 4.88. The number of aryl methyl sites for hydroxylation is 1. The maximum Gasteiger partial charge on any atom is 0.0925 e. The molecule has 2 fully saturated rings. The number of benzene rings is 1. The van der Waals surface area contributed by atoms with Gasteiger partial charge in [-0.25, -0.2) is 4.98 Å². The minimum absolute atomic E-state index is 0.0263. The molecule has 0 bridgehead atoms. The van der Waals surface area contributed by atoms with E-state index in [1.165, 1.54) is 11.3 Å². The number of likely N-dealkylation sites (tertiary alicyclic amines) is 1. The fourth-order valence-corrected chi connectivity index (χ4v) is 3.92. The monoisotopic (exact) mass is 341 g/mol. The molecule has 2 saturated heterocycles. The Labute approximate surface area is 149 Å². The van der Waals surface area contributed by atoms with E-state index in [0.29, 0.717) is 6.61 Å². The summed E-state index contributed by atoms with van der Waals surface area (Å²) >= 11 is 0. The van der Waals surface area contributed by atoms with Crippen molar-refractivity contribution in [1.82, 2.24) is 14.9 Å². The molecule has 0 radical (unpaired) electrons. The second-order valence-corrected chi connectivity index (χ2v) is 7.37. The largest absolute Gasteiger partial charge is 0.372 e. The van der Waals surface area contributed by atoms with Crippen LogP contribution in [0.2, 0.25) is 0 Å². The van der Waals surface area contributed by atoms with Crippen LogP contribution < -0.4 is 0 Å². The smallest absolute Gasteiger partial charge is 0.0925 e. The summed E-state index contributed by atoms with van der Waals surface area (Å²) in [4.78, 5) is 10.1. The lowest BCUT2D eigenvalue weighted by molar-refractivity contribution is -0.0470. The molecule has 1 aromatic heterocycles. The Morgan fingerprint density at radius 2 is 2.08 bits per heavy atom. The minimum atomic E-state index is 0.0263. The van der Waals surface area contributed by atoms with Crippen LogP contribution >= 0.6 is 0 Å². The highest BCUT2D eigenvalue weighted by atomic mass is 16.6. The van der Waals surface area contributed by atoms with Crippen molar-refractivity contribution in [3.63, 3.8) is 0 Å². The summed E-state index contributed by atoms with van der Waals surface area (Å²) in [6.45, 7) is 6.55. The summed E-state index contributed by atoms with van der Waals surface area (Å²) < 4.78 is 12.3. The Balaban J connectivity index is 1.25. The molecule has 3 heterocycles. The number of nitrogens with zero attached hydrogens (tertiary/aromatic N) is 2. The predicted octanol–water partition coefficient (Wildman–Crippen LogP) is 3.06. The van der Waals surface area contributed by atoms with Gasteiger partial charge in [0.15, 0.2) is 0 Å². The summed E-state index contributed by atoms with van der Waals surface area (Å²) in [5, 5.41) is 0. The van der Waals surface area contributed by atoms with Crippen molar-refractivity contribution in [1.29, 1.82) is 0 Å². The second-order valence-electron chi connectivity index (χ2n) is 7.37. The molecule has 2 aliphatic rings. The second kappa shape index (κ2) is 7.28. The predicted molar refractivity (Wildman–Crippen MR) is 96.2 cm³/mol. The zero-order valence-corrected chi connectivity index (χ0v) is 14.9. The summed E-state index contributed by atoms with van der Waals surface area (Å²) in [7, 11) is 0. The van der Waals surface area contributed by atoms with Crippen LogP contribution in [0, 0.1) is 6.92 Å². The van der Waals surface area contributed by atoms with E-state index in [1.807, 2.05) is 6.07 Å². The number of aromatic amines is 1. The molecule has 5 heteroatoms. The SMILES string of the molecule is Cc1[nH]cnc1CN1CCC2(CC1)CC(OCc1ccccc1)CO2. The third kappa shape index (κ3) is 3.94. The van der Waals surface area contributed by atoms with Gasteiger partial charge in [0.05, 0.1) is 36.9 Å².